The molecule has 1 rings (SSSR count). The molecule has 72 valence electrons. The van der Waals surface area contributed by atoms with Crippen molar-refractivity contribution in [2.75, 3.05) is 13.1 Å². The lowest BCUT2D eigenvalue weighted by atomic mass is 10.4. The van der Waals surface area contributed by atoms with Crippen LogP contribution >= 0.6 is 0 Å². The minimum atomic E-state index is 0.0722. The van der Waals surface area contributed by atoms with E-state index in [9.17, 15) is 4.79 Å². The van der Waals surface area contributed by atoms with Gasteiger partial charge in [-0.3, -0.25) is 4.79 Å². The number of rotatable bonds is 5. The molecule has 0 aromatic carbocycles. The molecule has 0 radical (unpaired) electrons. The summed E-state index contributed by atoms with van der Waals surface area (Å²) in [7, 11) is 0. The molecule has 0 atom stereocenters. The maximum Gasteiger partial charge on any atom is 0.181 e. The number of hydrogen-bond acceptors (Lipinski definition) is 2. The molecule has 0 unspecified atom stereocenters. The van der Waals surface area contributed by atoms with Crippen molar-refractivity contribution >= 4 is 0 Å². The lowest BCUT2D eigenvalue weighted by Crippen LogP contribution is -2.16. The molecule has 1 N–H and O–H groups in total. The van der Waals surface area contributed by atoms with Crippen molar-refractivity contribution in [2.24, 2.45) is 0 Å². The standard InChI is InChI=1S/C10H16N2O/c1-2-11-6-3-7-12-8-4-10(13)5-9-12/h4-5,8-9,11H,2-3,6-7H2,1H3. The van der Waals surface area contributed by atoms with Crippen molar-refractivity contribution in [3.05, 3.63) is 34.7 Å². The summed E-state index contributed by atoms with van der Waals surface area (Å²) in [5, 5.41) is 3.25. The monoisotopic (exact) mass is 180 g/mol. The van der Waals surface area contributed by atoms with Gasteiger partial charge in [0.1, 0.15) is 0 Å². The molecule has 0 aliphatic rings. The van der Waals surface area contributed by atoms with Gasteiger partial charge in [-0.2, -0.15) is 0 Å². The van der Waals surface area contributed by atoms with E-state index in [1.165, 1.54) is 0 Å². The third kappa shape index (κ3) is 3.90. The number of aromatic nitrogens is 1. The minimum Gasteiger partial charge on any atom is -0.354 e. The van der Waals surface area contributed by atoms with E-state index in [2.05, 4.69) is 12.2 Å². The Balaban J connectivity index is 2.29. The van der Waals surface area contributed by atoms with E-state index >= 15 is 0 Å². The van der Waals surface area contributed by atoms with Gasteiger partial charge in [0.2, 0.25) is 0 Å². The van der Waals surface area contributed by atoms with Crippen LogP contribution in [0, 0.1) is 0 Å². The second kappa shape index (κ2) is 5.54. The number of pyridine rings is 1. The molecule has 3 nitrogen and oxygen atoms in total. The first-order valence-corrected chi connectivity index (χ1v) is 4.69. The maximum atomic E-state index is 10.8. The maximum absolute atomic E-state index is 10.8. The van der Waals surface area contributed by atoms with Gasteiger partial charge in [-0.05, 0) is 19.5 Å². The van der Waals surface area contributed by atoms with E-state index < -0.39 is 0 Å². The molecule has 1 aromatic heterocycles. The fraction of sp³-hybridized carbons (Fsp3) is 0.500. The molecule has 0 aliphatic carbocycles. The summed E-state index contributed by atoms with van der Waals surface area (Å²) in [6, 6.07) is 3.18. The molecule has 0 fully saturated rings. The Kier molecular flexibility index (Phi) is 4.26. The van der Waals surface area contributed by atoms with Crippen LogP contribution < -0.4 is 10.7 Å². The molecule has 0 bridgehead atoms. The highest BCUT2D eigenvalue weighted by Crippen LogP contribution is 1.87. The molecule has 0 saturated heterocycles. The summed E-state index contributed by atoms with van der Waals surface area (Å²) in [6.45, 7) is 5.11. The fourth-order valence-electron chi connectivity index (χ4n) is 1.16. The SMILES string of the molecule is CCNCCCn1ccc(=O)cc1. The zero-order chi connectivity index (χ0) is 9.52. The van der Waals surface area contributed by atoms with Gasteiger partial charge < -0.3 is 9.88 Å². The van der Waals surface area contributed by atoms with Crippen LogP contribution in [0.4, 0.5) is 0 Å². The van der Waals surface area contributed by atoms with Gasteiger partial charge in [0.05, 0.1) is 0 Å². The van der Waals surface area contributed by atoms with Gasteiger partial charge >= 0.3 is 0 Å². The Hall–Kier alpha value is -1.09. The minimum absolute atomic E-state index is 0.0722. The van der Waals surface area contributed by atoms with Crippen LogP contribution in [0.1, 0.15) is 13.3 Å². The third-order valence-corrected chi connectivity index (χ3v) is 1.88. The number of nitrogens with zero attached hydrogens (tertiary/aromatic N) is 1. The summed E-state index contributed by atoms with van der Waals surface area (Å²) < 4.78 is 2.03. The lowest BCUT2D eigenvalue weighted by molar-refractivity contribution is 0.590. The average molecular weight is 180 g/mol. The molecule has 3 heteroatoms. The highest BCUT2D eigenvalue weighted by molar-refractivity contribution is 4.93. The zero-order valence-electron chi connectivity index (χ0n) is 7.99. The molecular formula is C10H16N2O. The van der Waals surface area contributed by atoms with Crippen molar-refractivity contribution in [1.29, 1.82) is 0 Å². The van der Waals surface area contributed by atoms with E-state index in [1.54, 1.807) is 12.1 Å². The topological polar surface area (TPSA) is 34.0 Å². The predicted octanol–water partition coefficient (Wildman–Crippen LogP) is 0.848. The Morgan fingerprint density at radius 3 is 2.69 bits per heavy atom. The molecule has 0 aliphatic heterocycles. The van der Waals surface area contributed by atoms with Crippen LogP contribution in [0.2, 0.25) is 0 Å². The van der Waals surface area contributed by atoms with Crippen LogP contribution in [0.5, 0.6) is 0 Å². The second-order valence-electron chi connectivity index (χ2n) is 2.98. The first-order chi connectivity index (χ1) is 6.33. The van der Waals surface area contributed by atoms with E-state index in [0.717, 1.165) is 26.1 Å². The van der Waals surface area contributed by atoms with Crippen molar-refractivity contribution in [2.45, 2.75) is 19.9 Å². The van der Waals surface area contributed by atoms with Crippen LogP contribution in [0.25, 0.3) is 0 Å². The van der Waals surface area contributed by atoms with Crippen molar-refractivity contribution in [1.82, 2.24) is 9.88 Å². The largest absolute Gasteiger partial charge is 0.354 e. The Labute approximate surface area is 78.4 Å². The van der Waals surface area contributed by atoms with E-state index in [-0.39, 0.29) is 5.43 Å². The Bertz CT molecular complexity index is 273. The number of hydrogen-bond donors (Lipinski definition) is 1. The molecule has 13 heavy (non-hydrogen) atoms. The van der Waals surface area contributed by atoms with Crippen molar-refractivity contribution < 1.29 is 0 Å². The van der Waals surface area contributed by atoms with Gasteiger partial charge in [0, 0.05) is 31.1 Å². The van der Waals surface area contributed by atoms with Crippen LogP contribution in [0.15, 0.2) is 29.3 Å². The summed E-state index contributed by atoms with van der Waals surface area (Å²) in [6.07, 6.45) is 4.75. The highest BCUT2D eigenvalue weighted by atomic mass is 16.1. The van der Waals surface area contributed by atoms with E-state index in [1.807, 2.05) is 17.0 Å². The van der Waals surface area contributed by atoms with Crippen molar-refractivity contribution in [3.63, 3.8) is 0 Å². The third-order valence-electron chi connectivity index (χ3n) is 1.88. The molecule has 0 amide bonds. The smallest absolute Gasteiger partial charge is 0.181 e. The molecular weight excluding hydrogens is 164 g/mol. The summed E-state index contributed by atoms with van der Waals surface area (Å²) >= 11 is 0. The van der Waals surface area contributed by atoms with E-state index in [4.69, 9.17) is 0 Å². The van der Waals surface area contributed by atoms with E-state index in [0.29, 0.717) is 0 Å². The normalized spacial score (nSPS) is 10.2. The fourth-order valence-corrected chi connectivity index (χ4v) is 1.16. The van der Waals surface area contributed by atoms with Crippen LogP contribution in [-0.4, -0.2) is 17.7 Å². The van der Waals surface area contributed by atoms with Crippen LogP contribution in [0.3, 0.4) is 0 Å². The summed E-state index contributed by atoms with van der Waals surface area (Å²) in [4.78, 5) is 10.8. The van der Waals surface area contributed by atoms with Gasteiger partial charge in [0.25, 0.3) is 0 Å². The average Bonchev–Trinajstić information content (AvgIpc) is 2.15. The molecule has 0 spiro atoms. The van der Waals surface area contributed by atoms with Gasteiger partial charge in [-0.25, -0.2) is 0 Å². The second-order valence-corrected chi connectivity index (χ2v) is 2.98. The van der Waals surface area contributed by atoms with Crippen molar-refractivity contribution in [3.8, 4) is 0 Å². The van der Waals surface area contributed by atoms with Crippen LogP contribution in [-0.2, 0) is 6.54 Å². The Morgan fingerprint density at radius 1 is 1.38 bits per heavy atom. The molecule has 1 aromatic rings. The first-order valence-electron chi connectivity index (χ1n) is 4.69. The van der Waals surface area contributed by atoms with Gasteiger partial charge in [-0.15, -0.1) is 0 Å². The number of aryl methyl sites for hydroxylation is 1. The lowest BCUT2D eigenvalue weighted by Gasteiger charge is -2.05. The number of nitrogens with one attached hydrogen (secondary N) is 1. The zero-order valence-corrected chi connectivity index (χ0v) is 7.99. The molecule has 0 saturated carbocycles. The predicted molar refractivity (Wildman–Crippen MR) is 53.9 cm³/mol. The quantitative estimate of drug-likeness (QED) is 0.681. The van der Waals surface area contributed by atoms with Gasteiger partial charge in [0.15, 0.2) is 5.43 Å². The summed E-state index contributed by atoms with van der Waals surface area (Å²) in [5.41, 5.74) is 0.0722. The molecule has 1 heterocycles. The first kappa shape index (κ1) is 9.99. The Morgan fingerprint density at radius 2 is 2.08 bits per heavy atom. The summed E-state index contributed by atoms with van der Waals surface area (Å²) in [5.74, 6) is 0. The van der Waals surface area contributed by atoms with Gasteiger partial charge in [-0.1, -0.05) is 6.92 Å². The highest BCUT2D eigenvalue weighted by Gasteiger charge is 1.88.